The third kappa shape index (κ3) is 4.14. The van der Waals surface area contributed by atoms with E-state index in [4.69, 9.17) is 4.98 Å². The second-order valence-corrected chi connectivity index (χ2v) is 6.83. The van der Waals surface area contributed by atoms with Crippen LogP contribution in [-0.4, -0.2) is 11.5 Å². The van der Waals surface area contributed by atoms with Crippen molar-refractivity contribution >= 4 is 27.3 Å². The molecule has 1 aromatic carbocycles. The van der Waals surface area contributed by atoms with Gasteiger partial charge >= 0.3 is 0 Å². The lowest BCUT2D eigenvalue weighted by atomic mass is 10.2. The van der Waals surface area contributed by atoms with Crippen molar-refractivity contribution in [2.75, 3.05) is 6.54 Å². The number of nitrogens with one attached hydrogen (secondary N) is 1. The normalized spacial score (nSPS) is 10.9. The summed E-state index contributed by atoms with van der Waals surface area (Å²) < 4.78 is 1.10. The molecule has 0 amide bonds. The minimum absolute atomic E-state index is 0.939. The first kappa shape index (κ1) is 15.7. The molecule has 1 aromatic heterocycles. The molecule has 0 atom stereocenters. The fraction of sp³-hybridized carbons (Fsp3) is 0.438. The zero-order valence-electron chi connectivity index (χ0n) is 12.1. The van der Waals surface area contributed by atoms with Crippen LogP contribution in [0.4, 0.5) is 0 Å². The number of thiazole rings is 1. The molecule has 0 unspecified atom stereocenters. The Kier molecular flexibility index (Phi) is 6.20. The van der Waals surface area contributed by atoms with Crippen molar-refractivity contribution in [1.82, 2.24) is 10.3 Å². The van der Waals surface area contributed by atoms with Gasteiger partial charge in [-0.1, -0.05) is 48.3 Å². The van der Waals surface area contributed by atoms with Crippen LogP contribution < -0.4 is 5.32 Å². The molecule has 2 rings (SSSR count). The van der Waals surface area contributed by atoms with E-state index < -0.39 is 0 Å². The highest BCUT2D eigenvalue weighted by Crippen LogP contribution is 2.30. The van der Waals surface area contributed by atoms with E-state index in [1.807, 2.05) is 17.4 Å². The average Bonchev–Trinajstić information content (AvgIpc) is 2.83. The second-order valence-electron chi connectivity index (χ2n) is 4.83. The summed E-state index contributed by atoms with van der Waals surface area (Å²) in [7, 11) is 0. The maximum absolute atomic E-state index is 4.85. The zero-order valence-corrected chi connectivity index (χ0v) is 14.5. The predicted octanol–water partition coefficient (Wildman–Crippen LogP) is 5.02. The van der Waals surface area contributed by atoms with Crippen LogP contribution in [-0.2, 0) is 13.0 Å². The molecule has 0 spiro atoms. The molecule has 0 aliphatic carbocycles. The largest absolute Gasteiger partial charge is 0.312 e. The Hall–Kier alpha value is -0.710. The third-order valence-corrected chi connectivity index (χ3v) is 4.69. The SMILES string of the molecule is CCCNCc1sc(-c2cccc(Br)c2)nc1CCC. The Morgan fingerprint density at radius 2 is 2.10 bits per heavy atom. The van der Waals surface area contributed by atoms with Crippen molar-refractivity contribution in [3.63, 3.8) is 0 Å². The van der Waals surface area contributed by atoms with E-state index >= 15 is 0 Å². The van der Waals surface area contributed by atoms with Crippen LogP contribution in [0.5, 0.6) is 0 Å². The molecule has 0 bridgehead atoms. The number of halogens is 1. The number of aryl methyl sites for hydroxylation is 1. The zero-order chi connectivity index (χ0) is 14.4. The Morgan fingerprint density at radius 1 is 1.25 bits per heavy atom. The van der Waals surface area contributed by atoms with Gasteiger partial charge in [-0.05, 0) is 31.5 Å². The van der Waals surface area contributed by atoms with Crippen LogP contribution in [0.2, 0.25) is 0 Å². The molecule has 1 N–H and O–H groups in total. The standard InChI is InChI=1S/C16H21BrN2S/c1-3-6-14-15(11-18-9-4-2)20-16(19-14)12-7-5-8-13(17)10-12/h5,7-8,10,18H,3-4,6,9,11H2,1-2H3. The molecular formula is C16H21BrN2S. The number of hydrogen-bond acceptors (Lipinski definition) is 3. The minimum atomic E-state index is 0.939. The molecule has 4 heteroatoms. The van der Waals surface area contributed by atoms with Crippen molar-refractivity contribution in [2.24, 2.45) is 0 Å². The Morgan fingerprint density at radius 3 is 2.80 bits per heavy atom. The maximum Gasteiger partial charge on any atom is 0.123 e. The molecule has 1 heterocycles. The molecule has 2 nitrogen and oxygen atoms in total. The van der Waals surface area contributed by atoms with E-state index in [2.05, 4.69) is 53.3 Å². The molecular weight excluding hydrogens is 332 g/mol. The second kappa shape index (κ2) is 7.91. The fourth-order valence-electron chi connectivity index (χ4n) is 2.08. The maximum atomic E-state index is 4.85. The average molecular weight is 353 g/mol. The first-order valence-corrected chi connectivity index (χ1v) is 8.80. The smallest absolute Gasteiger partial charge is 0.123 e. The number of aromatic nitrogens is 1. The van der Waals surface area contributed by atoms with Gasteiger partial charge in [0.05, 0.1) is 5.69 Å². The summed E-state index contributed by atoms with van der Waals surface area (Å²) in [6.45, 7) is 6.41. The van der Waals surface area contributed by atoms with Crippen LogP contribution in [0.15, 0.2) is 28.7 Å². The molecule has 20 heavy (non-hydrogen) atoms. The van der Waals surface area contributed by atoms with E-state index in [9.17, 15) is 0 Å². The highest BCUT2D eigenvalue weighted by Gasteiger charge is 2.11. The summed E-state index contributed by atoms with van der Waals surface area (Å²) in [5, 5.41) is 4.62. The minimum Gasteiger partial charge on any atom is -0.312 e. The molecule has 0 aliphatic rings. The van der Waals surface area contributed by atoms with E-state index in [0.717, 1.165) is 35.4 Å². The van der Waals surface area contributed by atoms with Crippen LogP contribution in [0.25, 0.3) is 10.6 Å². The van der Waals surface area contributed by atoms with Crippen molar-refractivity contribution in [1.29, 1.82) is 0 Å². The van der Waals surface area contributed by atoms with Gasteiger partial charge in [0.15, 0.2) is 0 Å². The number of nitrogens with zero attached hydrogens (tertiary/aromatic N) is 1. The van der Waals surface area contributed by atoms with Crippen LogP contribution >= 0.6 is 27.3 Å². The van der Waals surface area contributed by atoms with Gasteiger partial charge in [-0.3, -0.25) is 0 Å². The summed E-state index contributed by atoms with van der Waals surface area (Å²) in [5.41, 5.74) is 2.46. The van der Waals surface area contributed by atoms with E-state index in [-0.39, 0.29) is 0 Å². The number of rotatable bonds is 7. The summed E-state index contributed by atoms with van der Waals surface area (Å²) in [6, 6.07) is 8.38. The van der Waals surface area contributed by atoms with Gasteiger partial charge in [-0.2, -0.15) is 0 Å². The molecule has 0 aliphatic heterocycles. The highest BCUT2D eigenvalue weighted by molar-refractivity contribution is 9.10. The highest BCUT2D eigenvalue weighted by atomic mass is 79.9. The molecule has 2 aromatic rings. The Balaban J connectivity index is 2.23. The quantitative estimate of drug-likeness (QED) is 0.707. The summed E-state index contributed by atoms with van der Waals surface area (Å²) in [5.74, 6) is 0. The van der Waals surface area contributed by atoms with Gasteiger partial charge in [0, 0.05) is 21.5 Å². The van der Waals surface area contributed by atoms with E-state index in [1.165, 1.54) is 22.6 Å². The van der Waals surface area contributed by atoms with Gasteiger partial charge in [0.2, 0.25) is 0 Å². The van der Waals surface area contributed by atoms with Crippen molar-refractivity contribution in [3.8, 4) is 10.6 Å². The summed E-state index contributed by atoms with van der Waals surface area (Å²) in [4.78, 5) is 6.23. The van der Waals surface area contributed by atoms with Crippen molar-refractivity contribution in [3.05, 3.63) is 39.3 Å². The molecule has 0 fully saturated rings. The molecule has 108 valence electrons. The Labute approximate surface area is 133 Å². The lowest BCUT2D eigenvalue weighted by Crippen LogP contribution is -2.13. The first-order valence-electron chi connectivity index (χ1n) is 7.19. The van der Waals surface area contributed by atoms with Gasteiger partial charge < -0.3 is 5.32 Å². The Bertz CT molecular complexity index is 551. The lowest BCUT2D eigenvalue weighted by Gasteiger charge is -2.02. The van der Waals surface area contributed by atoms with Crippen LogP contribution in [0.1, 0.15) is 37.3 Å². The molecule has 0 saturated heterocycles. The van der Waals surface area contributed by atoms with E-state index in [1.54, 1.807) is 0 Å². The van der Waals surface area contributed by atoms with Crippen LogP contribution in [0.3, 0.4) is 0 Å². The monoisotopic (exact) mass is 352 g/mol. The third-order valence-electron chi connectivity index (χ3n) is 3.05. The summed E-state index contributed by atoms with van der Waals surface area (Å²) in [6.07, 6.45) is 3.37. The number of benzene rings is 1. The van der Waals surface area contributed by atoms with Gasteiger partial charge in [0.1, 0.15) is 5.01 Å². The predicted molar refractivity (Wildman–Crippen MR) is 91.2 cm³/mol. The van der Waals surface area contributed by atoms with Crippen LogP contribution in [0, 0.1) is 0 Å². The van der Waals surface area contributed by atoms with E-state index in [0.29, 0.717) is 0 Å². The van der Waals surface area contributed by atoms with Gasteiger partial charge in [-0.15, -0.1) is 11.3 Å². The fourth-order valence-corrected chi connectivity index (χ4v) is 3.55. The van der Waals surface area contributed by atoms with Crippen molar-refractivity contribution in [2.45, 2.75) is 39.7 Å². The van der Waals surface area contributed by atoms with Gasteiger partial charge in [0.25, 0.3) is 0 Å². The lowest BCUT2D eigenvalue weighted by molar-refractivity contribution is 0.674. The molecule has 0 saturated carbocycles. The molecule has 0 radical (unpaired) electrons. The number of hydrogen-bond donors (Lipinski definition) is 1. The first-order chi connectivity index (χ1) is 9.74. The topological polar surface area (TPSA) is 24.9 Å². The van der Waals surface area contributed by atoms with Gasteiger partial charge in [-0.25, -0.2) is 4.98 Å². The van der Waals surface area contributed by atoms with Crippen molar-refractivity contribution < 1.29 is 0 Å². The summed E-state index contributed by atoms with van der Waals surface area (Å²) >= 11 is 5.35.